The quantitative estimate of drug-likeness (QED) is 0.884. The molecule has 0 aromatic heterocycles. The molecule has 1 aromatic carbocycles. The molecule has 2 saturated heterocycles. The Kier molecular flexibility index (Phi) is 5.17. The summed E-state index contributed by atoms with van der Waals surface area (Å²) in [5, 5.41) is 4.01. The average Bonchev–Trinajstić information content (AvgIpc) is 3.13. The van der Waals surface area contributed by atoms with E-state index < -0.39 is 0 Å². The Bertz CT molecular complexity index is 544. The summed E-state index contributed by atoms with van der Waals surface area (Å²) >= 11 is 0. The monoisotopic (exact) mass is 342 g/mol. The maximum atomic E-state index is 5.52. The van der Waals surface area contributed by atoms with Gasteiger partial charge in [0.1, 0.15) is 0 Å². The highest BCUT2D eigenvalue weighted by atomic mass is 16.5. The summed E-state index contributed by atoms with van der Waals surface area (Å²) in [7, 11) is 0. The van der Waals surface area contributed by atoms with Crippen molar-refractivity contribution in [3.63, 3.8) is 0 Å². The Balaban J connectivity index is 1.24. The lowest BCUT2D eigenvalue weighted by atomic mass is 9.56. The van der Waals surface area contributed by atoms with Crippen LogP contribution in [-0.2, 0) is 4.74 Å². The van der Waals surface area contributed by atoms with Crippen LogP contribution in [0.5, 0.6) is 0 Å². The second kappa shape index (κ2) is 7.38. The molecule has 1 saturated carbocycles. The maximum Gasteiger partial charge on any atom is 0.0507 e. The molecule has 0 bridgehead atoms. The number of hydrogen-bond acceptors (Lipinski definition) is 3. The molecule has 0 spiro atoms. The summed E-state index contributed by atoms with van der Waals surface area (Å²) in [6, 6.07) is 12.4. The van der Waals surface area contributed by atoms with Crippen LogP contribution in [0.2, 0.25) is 0 Å². The lowest BCUT2D eigenvalue weighted by molar-refractivity contribution is 0.0486. The van der Waals surface area contributed by atoms with Crippen LogP contribution in [0, 0.1) is 11.3 Å². The van der Waals surface area contributed by atoms with Gasteiger partial charge in [-0.25, -0.2) is 0 Å². The maximum absolute atomic E-state index is 5.52. The molecule has 2 aliphatic heterocycles. The summed E-state index contributed by atoms with van der Waals surface area (Å²) in [6.07, 6.45) is 5.15. The van der Waals surface area contributed by atoms with Gasteiger partial charge in [0, 0.05) is 25.2 Å². The van der Waals surface area contributed by atoms with Crippen LogP contribution in [0.25, 0.3) is 0 Å². The van der Waals surface area contributed by atoms with Crippen LogP contribution in [0.4, 0.5) is 0 Å². The van der Waals surface area contributed by atoms with Gasteiger partial charge in [-0.3, -0.25) is 0 Å². The minimum atomic E-state index is 0.361. The summed E-state index contributed by atoms with van der Waals surface area (Å²) in [5.74, 6) is 1.48. The molecule has 3 heteroatoms. The van der Waals surface area contributed by atoms with E-state index in [-0.39, 0.29) is 0 Å². The van der Waals surface area contributed by atoms with Gasteiger partial charge in [0.2, 0.25) is 0 Å². The van der Waals surface area contributed by atoms with Crippen LogP contribution in [0.3, 0.4) is 0 Å². The lowest BCUT2D eigenvalue weighted by Gasteiger charge is -2.54. The first-order valence-electron chi connectivity index (χ1n) is 10.2. The van der Waals surface area contributed by atoms with Gasteiger partial charge in [-0.05, 0) is 61.6 Å². The van der Waals surface area contributed by atoms with Gasteiger partial charge in [0.15, 0.2) is 0 Å². The predicted molar refractivity (Wildman–Crippen MR) is 103 cm³/mol. The zero-order valence-corrected chi connectivity index (χ0v) is 15.9. The Labute approximate surface area is 153 Å². The van der Waals surface area contributed by atoms with Gasteiger partial charge < -0.3 is 15.0 Å². The third-order valence-electron chi connectivity index (χ3n) is 7.03. The van der Waals surface area contributed by atoms with Crippen molar-refractivity contribution in [1.82, 2.24) is 10.2 Å². The largest absolute Gasteiger partial charge is 0.381 e. The van der Waals surface area contributed by atoms with Crippen LogP contribution in [0.1, 0.15) is 51.0 Å². The Morgan fingerprint density at radius 2 is 1.88 bits per heavy atom. The highest BCUT2D eigenvalue weighted by molar-refractivity contribution is 5.27. The molecule has 1 aromatic rings. The summed E-state index contributed by atoms with van der Waals surface area (Å²) in [4.78, 5) is 2.66. The first kappa shape index (κ1) is 17.5. The Morgan fingerprint density at radius 1 is 1.12 bits per heavy atom. The van der Waals surface area contributed by atoms with Crippen molar-refractivity contribution in [3.8, 4) is 0 Å². The standard InChI is InChI=1S/C22H34N2O/c1-22(2)20(18-6-4-3-5-7-18)14-21(22)23-19-8-11-24(12-9-19)15-17-10-13-25-16-17/h3-7,17,19-21,23H,8-16H2,1-2H3. The van der Waals surface area contributed by atoms with Crippen LogP contribution in [0.15, 0.2) is 30.3 Å². The SMILES string of the molecule is CC1(C)C(NC2CCN(CC3CCOC3)CC2)CC1c1ccccc1. The zero-order chi connectivity index (χ0) is 17.3. The fourth-order valence-corrected chi connectivity index (χ4v) is 5.12. The molecule has 2 heterocycles. The molecule has 1 N–H and O–H groups in total. The zero-order valence-electron chi connectivity index (χ0n) is 15.9. The van der Waals surface area contributed by atoms with E-state index >= 15 is 0 Å². The number of ether oxygens (including phenoxy) is 1. The van der Waals surface area contributed by atoms with Gasteiger partial charge in [0.05, 0.1) is 6.61 Å². The van der Waals surface area contributed by atoms with Crippen molar-refractivity contribution in [2.45, 2.75) is 57.5 Å². The topological polar surface area (TPSA) is 24.5 Å². The first-order valence-corrected chi connectivity index (χ1v) is 10.2. The third-order valence-corrected chi connectivity index (χ3v) is 7.03. The third kappa shape index (κ3) is 3.79. The molecule has 0 amide bonds. The molecular weight excluding hydrogens is 308 g/mol. The average molecular weight is 343 g/mol. The molecule has 4 rings (SSSR count). The summed E-state index contributed by atoms with van der Waals surface area (Å²) < 4.78 is 5.52. The molecule has 0 radical (unpaired) electrons. The van der Waals surface area contributed by atoms with Crippen molar-refractivity contribution in [1.29, 1.82) is 0 Å². The fourth-order valence-electron chi connectivity index (χ4n) is 5.12. The van der Waals surface area contributed by atoms with Gasteiger partial charge in [0.25, 0.3) is 0 Å². The number of benzene rings is 1. The minimum absolute atomic E-state index is 0.361. The van der Waals surface area contributed by atoms with E-state index in [1.807, 2.05) is 0 Å². The van der Waals surface area contributed by atoms with Crippen molar-refractivity contribution >= 4 is 0 Å². The van der Waals surface area contributed by atoms with Gasteiger partial charge in [-0.15, -0.1) is 0 Å². The van der Waals surface area contributed by atoms with E-state index in [4.69, 9.17) is 4.74 Å². The number of nitrogens with one attached hydrogen (secondary N) is 1. The highest BCUT2D eigenvalue weighted by Crippen LogP contribution is 2.52. The number of hydrogen-bond donors (Lipinski definition) is 1. The van der Waals surface area contributed by atoms with E-state index in [1.54, 1.807) is 0 Å². The highest BCUT2D eigenvalue weighted by Gasteiger charge is 2.49. The molecule has 3 unspecified atom stereocenters. The second-order valence-corrected chi connectivity index (χ2v) is 9.04. The van der Waals surface area contributed by atoms with E-state index in [2.05, 4.69) is 54.4 Å². The van der Waals surface area contributed by atoms with Gasteiger partial charge in [-0.1, -0.05) is 44.2 Å². The molecule has 3 aliphatic rings. The molecule has 25 heavy (non-hydrogen) atoms. The van der Waals surface area contributed by atoms with Gasteiger partial charge in [-0.2, -0.15) is 0 Å². The molecule has 1 aliphatic carbocycles. The number of nitrogens with zero attached hydrogens (tertiary/aromatic N) is 1. The summed E-state index contributed by atoms with van der Waals surface area (Å²) in [6.45, 7) is 10.6. The molecule has 138 valence electrons. The van der Waals surface area contributed by atoms with Crippen molar-refractivity contribution < 1.29 is 4.74 Å². The predicted octanol–water partition coefficient (Wildman–Crippen LogP) is 3.66. The van der Waals surface area contributed by atoms with Crippen LogP contribution >= 0.6 is 0 Å². The normalized spacial score (nSPS) is 33.3. The van der Waals surface area contributed by atoms with E-state index in [0.29, 0.717) is 23.4 Å². The van der Waals surface area contributed by atoms with Crippen molar-refractivity contribution in [2.24, 2.45) is 11.3 Å². The molecule has 3 fully saturated rings. The molecule has 3 nitrogen and oxygen atoms in total. The molecule has 3 atom stereocenters. The first-order chi connectivity index (χ1) is 12.1. The van der Waals surface area contributed by atoms with E-state index in [9.17, 15) is 0 Å². The molecular formula is C22H34N2O. The fraction of sp³-hybridized carbons (Fsp3) is 0.727. The number of likely N-dealkylation sites (tertiary alicyclic amines) is 1. The smallest absolute Gasteiger partial charge is 0.0507 e. The minimum Gasteiger partial charge on any atom is -0.381 e. The van der Waals surface area contributed by atoms with E-state index in [0.717, 1.165) is 19.1 Å². The Morgan fingerprint density at radius 3 is 2.52 bits per heavy atom. The van der Waals surface area contributed by atoms with Crippen LogP contribution in [-0.4, -0.2) is 49.8 Å². The van der Waals surface area contributed by atoms with Gasteiger partial charge >= 0.3 is 0 Å². The van der Waals surface area contributed by atoms with Crippen molar-refractivity contribution in [3.05, 3.63) is 35.9 Å². The number of piperidine rings is 1. The van der Waals surface area contributed by atoms with Crippen LogP contribution < -0.4 is 5.32 Å². The second-order valence-electron chi connectivity index (χ2n) is 9.04. The lowest BCUT2D eigenvalue weighted by Crippen LogP contribution is -2.59. The number of rotatable bonds is 5. The Hall–Kier alpha value is -0.900. The summed E-state index contributed by atoms with van der Waals surface area (Å²) in [5.41, 5.74) is 1.87. The van der Waals surface area contributed by atoms with Crippen molar-refractivity contribution in [2.75, 3.05) is 32.8 Å². The van der Waals surface area contributed by atoms with E-state index in [1.165, 1.54) is 50.9 Å².